The predicted molar refractivity (Wildman–Crippen MR) is 96.9 cm³/mol. The fraction of sp³-hybridized carbons (Fsp3) is 0.300. The first-order valence-electron chi connectivity index (χ1n) is 8.63. The largest absolute Gasteiger partial charge is 0.488 e. The maximum atomic E-state index is 12.6. The molecule has 2 aromatic carbocycles. The molecule has 0 unspecified atom stereocenters. The number of anilines is 1. The molecule has 6 heteroatoms. The van der Waals surface area contributed by atoms with Crippen LogP contribution in [0.15, 0.2) is 48.5 Å². The van der Waals surface area contributed by atoms with Crippen LogP contribution in [0.5, 0.6) is 11.5 Å². The second-order valence-corrected chi connectivity index (χ2v) is 6.18. The maximum absolute atomic E-state index is 12.6. The second kappa shape index (κ2) is 8.38. The predicted octanol–water partition coefficient (Wildman–Crippen LogP) is 3.72. The minimum absolute atomic E-state index is 0.195. The molecule has 1 saturated carbocycles. The SMILES string of the molecule is O=C(O)COc1cccc(C(=O)Nc2ccccc2OC2CCCC2)c1. The van der Waals surface area contributed by atoms with Crippen molar-refractivity contribution < 1.29 is 24.2 Å². The molecule has 1 fully saturated rings. The van der Waals surface area contributed by atoms with Gasteiger partial charge in [0.2, 0.25) is 0 Å². The van der Waals surface area contributed by atoms with Crippen molar-refractivity contribution >= 4 is 17.6 Å². The van der Waals surface area contributed by atoms with Gasteiger partial charge in [0.25, 0.3) is 5.91 Å². The third-order valence-electron chi connectivity index (χ3n) is 4.19. The van der Waals surface area contributed by atoms with Crippen LogP contribution >= 0.6 is 0 Å². The number of nitrogens with one attached hydrogen (secondary N) is 1. The third-order valence-corrected chi connectivity index (χ3v) is 4.19. The number of carboxylic acids is 1. The van der Waals surface area contributed by atoms with Gasteiger partial charge in [-0.25, -0.2) is 4.79 Å². The molecule has 0 saturated heterocycles. The van der Waals surface area contributed by atoms with Crippen LogP contribution in [0.2, 0.25) is 0 Å². The van der Waals surface area contributed by atoms with Crippen molar-refractivity contribution in [3.63, 3.8) is 0 Å². The number of aliphatic carboxylic acids is 1. The normalized spacial score (nSPS) is 14.0. The molecule has 2 N–H and O–H groups in total. The molecule has 1 amide bonds. The number of amides is 1. The summed E-state index contributed by atoms with van der Waals surface area (Å²) in [6.45, 7) is -0.455. The summed E-state index contributed by atoms with van der Waals surface area (Å²) in [5.41, 5.74) is 0.991. The highest BCUT2D eigenvalue weighted by Gasteiger charge is 2.18. The van der Waals surface area contributed by atoms with Gasteiger partial charge in [-0.3, -0.25) is 4.79 Å². The Morgan fingerprint density at radius 1 is 1.08 bits per heavy atom. The molecule has 1 aliphatic rings. The van der Waals surface area contributed by atoms with Gasteiger partial charge in [0.1, 0.15) is 11.5 Å². The standard InChI is InChI=1S/C20H21NO5/c22-19(23)13-25-16-9-5-6-14(12-16)20(24)21-17-10-3-4-11-18(17)26-15-7-1-2-8-15/h3-6,9-12,15H,1-2,7-8,13H2,(H,21,24)(H,22,23). The molecule has 136 valence electrons. The molecule has 6 nitrogen and oxygen atoms in total. The van der Waals surface area contributed by atoms with E-state index in [4.69, 9.17) is 14.6 Å². The summed E-state index contributed by atoms with van der Waals surface area (Å²) < 4.78 is 11.1. The highest BCUT2D eigenvalue weighted by atomic mass is 16.5. The van der Waals surface area contributed by atoms with Crippen molar-refractivity contribution in [2.75, 3.05) is 11.9 Å². The summed E-state index contributed by atoms with van der Waals surface area (Å²) in [5.74, 6) is -0.396. The Kier molecular flexibility index (Phi) is 5.73. The monoisotopic (exact) mass is 355 g/mol. The number of hydrogen-bond donors (Lipinski definition) is 2. The summed E-state index contributed by atoms with van der Waals surface area (Å²) in [6, 6.07) is 13.8. The fourth-order valence-electron chi connectivity index (χ4n) is 2.93. The molecule has 0 aliphatic heterocycles. The van der Waals surface area contributed by atoms with E-state index >= 15 is 0 Å². The lowest BCUT2D eigenvalue weighted by Crippen LogP contribution is -2.16. The number of carboxylic acid groups (broad SMARTS) is 1. The Morgan fingerprint density at radius 2 is 1.85 bits per heavy atom. The minimum Gasteiger partial charge on any atom is -0.488 e. The van der Waals surface area contributed by atoms with Gasteiger partial charge in [0.05, 0.1) is 11.8 Å². The van der Waals surface area contributed by atoms with Crippen LogP contribution in [0, 0.1) is 0 Å². The third kappa shape index (κ3) is 4.75. The van der Waals surface area contributed by atoms with E-state index in [0.717, 1.165) is 12.8 Å². The first-order chi connectivity index (χ1) is 12.6. The van der Waals surface area contributed by atoms with Crippen LogP contribution in [0.1, 0.15) is 36.0 Å². The Bertz CT molecular complexity index is 783. The number of carbonyl (C=O) groups is 2. The summed E-state index contributed by atoms with van der Waals surface area (Å²) >= 11 is 0. The van der Waals surface area contributed by atoms with Gasteiger partial charge in [-0.1, -0.05) is 18.2 Å². The average molecular weight is 355 g/mol. The molecule has 0 spiro atoms. The number of carbonyl (C=O) groups excluding carboxylic acids is 1. The van der Waals surface area contributed by atoms with E-state index in [2.05, 4.69) is 5.32 Å². The molecule has 0 bridgehead atoms. The zero-order chi connectivity index (χ0) is 18.4. The molecule has 26 heavy (non-hydrogen) atoms. The molecular weight excluding hydrogens is 334 g/mol. The van der Waals surface area contributed by atoms with Crippen LogP contribution in [0.3, 0.4) is 0 Å². The molecule has 0 atom stereocenters. The summed E-state index contributed by atoms with van der Waals surface area (Å²) in [4.78, 5) is 23.1. The van der Waals surface area contributed by atoms with Gasteiger partial charge in [0, 0.05) is 5.56 Å². The fourth-order valence-corrected chi connectivity index (χ4v) is 2.93. The van der Waals surface area contributed by atoms with Gasteiger partial charge in [0.15, 0.2) is 6.61 Å². The molecular formula is C20H21NO5. The van der Waals surface area contributed by atoms with E-state index in [9.17, 15) is 9.59 Å². The van der Waals surface area contributed by atoms with E-state index in [1.807, 2.05) is 18.2 Å². The Morgan fingerprint density at radius 3 is 2.62 bits per heavy atom. The quantitative estimate of drug-likeness (QED) is 0.791. The van der Waals surface area contributed by atoms with Gasteiger partial charge in [-0.05, 0) is 56.0 Å². The number of para-hydroxylation sites is 2. The zero-order valence-electron chi connectivity index (χ0n) is 14.3. The van der Waals surface area contributed by atoms with Crippen LogP contribution in [0.4, 0.5) is 5.69 Å². The van der Waals surface area contributed by atoms with Crippen molar-refractivity contribution in [2.24, 2.45) is 0 Å². The first-order valence-corrected chi connectivity index (χ1v) is 8.63. The summed E-state index contributed by atoms with van der Waals surface area (Å²) in [6.07, 6.45) is 4.60. The highest BCUT2D eigenvalue weighted by molar-refractivity contribution is 6.05. The second-order valence-electron chi connectivity index (χ2n) is 6.18. The summed E-state index contributed by atoms with van der Waals surface area (Å²) in [5, 5.41) is 11.5. The minimum atomic E-state index is -1.07. The molecule has 3 rings (SSSR count). The average Bonchev–Trinajstić information content (AvgIpc) is 3.15. The lowest BCUT2D eigenvalue weighted by molar-refractivity contribution is -0.139. The van der Waals surface area contributed by atoms with Crippen molar-refractivity contribution in [3.05, 3.63) is 54.1 Å². The molecule has 0 radical (unpaired) electrons. The van der Waals surface area contributed by atoms with Gasteiger partial charge >= 0.3 is 5.97 Å². The molecule has 0 heterocycles. The van der Waals surface area contributed by atoms with E-state index in [1.54, 1.807) is 24.3 Å². The maximum Gasteiger partial charge on any atom is 0.341 e. The Balaban J connectivity index is 1.70. The smallest absolute Gasteiger partial charge is 0.341 e. The van der Waals surface area contributed by atoms with Gasteiger partial charge in [-0.2, -0.15) is 0 Å². The van der Waals surface area contributed by atoms with Gasteiger partial charge < -0.3 is 19.9 Å². The van der Waals surface area contributed by atoms with Crippen molar-refractivity contribution in [3.8, 4) is 11.5 Å². The van der Waals surface area contributed by atoms with E-state index in [-0.39, 0.29) is 12.0 Å². The first kappa shape index (κ1) is 17.8. The lowest BCUT2D eigenvalue weighted by Gasteiger charge is -2.17. The number of benzene rings is 2. The van der Waals surface area contributed by atoms with Crippen LogP contribution < -0.4 is 14.8 Å². The van der Waals surface area contributed by atoms with Crippen molar-refractivity contribution in [1.82, 2.24) is 0 Å². The van der Waals surface area contributed by atoms with Crippen LogP contribution in [-0.2, 0) is 4.79 Å². The highest BCUT2D eigenvalue weighted by Crippen LogP contribution is 2.30. The number of ether oxygens (including phenoxy) is 2. The Hall–Kier alpha value is -3.02. The van der Waals surface area contributed by atoms with E-state index < -0.39 is 12.6 Å². The van der Waals surface area contributed by atoms with Crippen LogP contribution in [0.25, 0.3) is 0 Å². The summed E-state index contributed by atoms with van der Waals surface area (Å²) in [7, 11) is 0. The molecule has 2 aromatic rings. The molecule has 0 aromatic heterocycles. The zero-order valence-corrected chi connectivity index (χ0v) is 14.3. The van der Waals surface area contributed by atoms with Crippen LogP contribution in [-0.4, -0.2) is 29.7 Å². The van der Waals surface area contributed by atoms with E-state index in [1.165, 1.54) is 18.9 Å². The van der Waals surface area contributed by atoms with Crippen molar-refractivity contribution in [2.45, 2.75) is 31.8 Å². The lowest BCUT2D eigenvalue weighted by atomic mass is 10.2. The topological polar surface area (TPSA) is 84.9 Å². The number of hydrogen-bond acceptors (Lipinski definition) is 4. The Labute approximate surface area is 151 Å². The van der Waals surface area contributed by atoms with Gasteiger partial charge in [-0.15, -0.1) is 0 Å². The van der Waals surface area contributed by atoms with E-state index in [0.29, 0.717) is 22.7 Å². The number of rotatable bonds is 7. The van der Waals surface area contributed by atoms with Crippen molar-refractivity contribution in [1.29, 1.82) is 0 Å². The molecule has 1 aliphatic carbocycles.